The van der Waals surface area contributed by atoms with Crippen molar-refractivity contribution in [2.75, 3.05) is 6.61 Å². The first kappa shape index (κ1) is 15.7. The van der Waals surface area contributed by atoms with Crippen LogP contribution in [0.15, 0.2) is 29.4 Å². The zero-order chi connectivity index (χ0) is 15.0. The van der Waals surface area contributed by atoms with Gasteiger partial charge in [-0.05, 0) is 35.7 Å². The van der Waals surface area contributed by atoms with E-state index in [0.29, 0.717) is 18.1 Å². The maximum atomic E-state index is 11.4. The van der Waals surface area contributed by atoms with Gasteiger partial charge in [0.1, 0.15) is 5.75 Å². The van der Waals surface area contributed by atoms with Crippen LogP contribution in [-0.2, 0) is 9.59 Å². The third kappa shape index (κ3) is 6.53. The zero-order valence-corrected chi connectivity index (χ0v) is 11.6. The molecule has 1 aromatic rings. The molecule has 6 nitrogen and oxygen atoms in total. The van der Waals surface area contributed by atoms with Crippen molar-refractivity contribution in [3.05, 3.63) is 29.8 Å². The van der Waals surface area contributed by atoms with E-state index in [4.69, 9.17) is 10.5 Å². The minimum atomic E-state index is -0.525. The number of carbonyl (C=O) groups excluding carboxylic acids is 2. The Bertz CT molecular complexity index is 481. The Hall–Kier alpha value is -2.37. The molecule has 2 amide bonds. The molecule has 0 saturated carbocycles. The number of nitrogens with two attached hydrogens (primary N) is 1. The summed E-state index contributed by atoms with van der Waals surface area (Å²) in [5.74, 6) is 0.206. The van der Waals surface area contributed by atoms with Gasteiger partial charge in [0.05, 0.1) is 6.21 Å². The number of hydrazone groups is 1. The molecule has 6 heteroatoms. The normalized spacial score (nSPS) is 10.8. The van der Waals surface area contributed by atoms with Gasteiger partial charge < -0.3 is 10.5 Å². The lowest BCUT2D eigenvalue weighted by molar-refractivity contribution is -0.122. The highest BCUT2D eigenvalue weighted by Gasteiger charge is 2.02. The van der Waals surface area contributed by atoms with Gasteiger partial charge in [-0.2, -0.15) is 5.10 Å². The number of nitrogens with one attached hydrogen (secondary N) is 1. The first-order valence-corrected chi connectivity index (χ1v) is 6.30. The Labute approximate surface area is 118 Å². The Kier molecular flexibility index (Phi) is 6.22. The molecule has 0 heterocycles. The topological polar surface area (TPSA) is 93.8 Å². The summed E-state index contributed by atoms with van der Waals surface area (Å²) < 4.78 is 5.12. The van der Waals surface area contributed by atoms with E-state index in [1.807, 2.05) is 13.8 Å². The summed E-state index contributed by atoms with van der Waals surface area (Å²) in [4.78, 5) is 21.9. The first-order chi connectivity index (χ1) is 9.47. The van der Waals surface area contributed by atoms with Crippen LogP contribution in [0.5, 0.6) is 5.75 Å². The number of carbonyl (C=O) groups is 2. The Morgan fingerprint density at radius 1 is 1.35 bits per heavy atom. The summed E-state index contributed by atoms with van der Waals surface area (Å²) >= 11 is 0. The molecule has 0 atom stereocenters. The summed E-state index contributed by atoms with van der Waals surface area (Å²) in [6.07, 6.45) is 1.98. The molecule has 0 unspecified atom stereocenters. The second kappa shape index (κ2) is 7.93. The van der Waals surface area contributed by atoms with E-state index in [1.165, 1.54) is 6.21 Å². The highest BCUT2D eigenvalue weighted by molar-refractivity contribution is 5.82. The average molecular weight is 277 g/mol. The SMILES string of the molecule is CC(C)CC(=O)N/N=C\c1ccc(OCC(N)=O)cc1. The molecule has 0 aliphatic carbocycles. The van der Waals surface area contributed by atoms with Gasteiger partial charge in [0.2, 0.25) is 5.91 Å². The quantitative estimate of drug-likeness (QED) is 0.576. The molecule has 3 N–H and O–H groups in total. The number of nitrogens with zero attached hydrogens (tertiary/aromatic N) is 1. The van der Waals surface area contributed by atoms with Crippen molar-refractivity contribution in [1.82, 2.24) is 5.43 Å². The van der Waals surface area contributed by atoms with Crippen molar-refractivity contribution in [2.45, 2.75) is 20.3 Å². The molecule has 0 radical (unpaired) electrons. The van der Waals surface area contributed by atoms with E-state index in [2.05, 4.69) is 10.5 Å². The molecular formula is C14H19N3O3. The predicted octanol–water partition coefficient (Wildman–Crippen LogP) is 1.05. The van der Waals surface area contributed by atoms with Crippen LogP contribution in [0.4, 0.5) is 0 Å². The van der Waals surface area contributed by atoms with Crippen molar-refractivity contribution >= 4 is 18.0 Å². The summed E-state index contributed by atoms with van der Waals surface area (Å²) in [5, 5.41) is 3.86. The second-order valence-corrected chi connectivity index (χ2v) is 4.72. The lowest BCUT2D eigenvalue weighted by Crippen LogP contribution is -2.20. The molecule has 0 saturated heterocycles. The maximum Gasteiger partial charge on any atom is 0.255 e. The molecular weight excluding hydrogens is 258 g/mol. The largest absolute Gasteiger partial charge is 0.484 e. The Morgan fingerprint density at radius 3 is 2.55 bits per heavy atom. The van der Waals surface area contributed by atoms with E-state index < -0.39 is 5.91 Å². The van der Waals surface area contributed by atoms with Crippen molar-refractivity contribution in [2.24, 2.45) is 16.8 Å². The van der Waals surface area contributed by atoms with E-state index in [1.54, 1.807) is 24.3 Å². The number of rotatable bonds is 7. The number of hydrogen-bond donors (Lipinski definition) is 2. The average Bonchev–Trinajstić information content (AvgIpc) is 2.37. The van der Waals surface area contributed by atoms with E-state index in [9.17, 15) is 9.59 Å². The van der Waals surface area contributed by atoms with Crippen LogP contribution in [0.2, 0.25) is 0 Å². The monoisotopic (exact) mass is 277 g/mol. The van der Waals surface area contributed by atoms with Gasteiger partial charge in [0.15, 0.2) is 6.61 Å². The summed E-state index contributed by atoms with van der Waals surface area (Å²) in [5.41, 5.74) is 8.24. The smallest absolute Gasteiger partial charge is 0.255 e. The van der Waals surface area contributed by atoms with Crippen molar-refractivity contribution in [3.8, 4) is 5.75 Å². The van der Waals surface area contributed by atoms with Crippen LogP contribution in [0.25, 0.3) is 0 Å². The lowest BCUT2D eigenvalue weighted by atomic mass is 10.1. The van der Waals surface area contributed by atoms with Gasteiger partial charge in [0, 0.05) is 6.42 Å². The summed E-state index contributed by atoms with van der Waals surface area (Å²) in [6.45, 7) is 3.78. The highest BCUT2D eigenvalue weighted by Crippen LogP contribution is 2.10. The van der Waals surface area contributed by atoms with Crippen LogP contribution in [0.1, 0.15) is 25.8 Å². The minimum Gasteiger partial charge on any atom is -0.484 e. The Morgan fingerprint density at radius 2 is 2.00 bits per heavy atom. The fourth-order valence-electron chi connectivity index (χ4n) is 1.40. The van der Waals surface area contributed by atoms with E-state index in [-0.39, 0.29) is 12.5 Å². The van der Waals surface area contributed by atoms with Crippen LogP contribution < -0.4 is 15.9 Å². The molecule has 0 fully saturated rings. The molecule has 0 bridgehead atoms. The van der Waals surface area contributed by atoms with Gasteiger partial charge >= 0.3 is 0 Å². The van der Waals surface area contributed by atoms with Gasteiger partial charge in [-0.3, -0.25) is 9.59 Å². The molecule has 0 aliphatic rings. The predicted molar refractivity (Wildman–Crippen MR) is 76.3 cm³/mol. The van der Waals surface area contributed by atoms with Gasteiger partial charge in [-0.15, -0.1) is 0 Å². The van der Waals surface area contributed by atoms with Gasteiger partial charge in [-0.25, -0.2) is 5.43 Å². The molecule has 20 heavy (non-hydrogen) atoms. The first-order valence-electron chi connectivity index (χ1n) is 6.30. The molecule has 1 aromatic carbocycles. The maximum absolute atomic E-state index is 11.4. The standard InChI is InChI=1S/C14H19N3O3/c1-10(2)7-14(19)17-16-8-11-3-5-12(6-4-11)20-9-13(15)18/h3-6,8,10H,7,9H2,1-2H3,(H2,15,18)(H,17,19)/b16-8-. The van der Waals surface area contributed by atoms with Crippen LogP contribution in [0, 0.1) is 5.92 Å². The van der Waals surface area contributed by atoms with Crippen molar-refractivity contribution in [1.29, 1.82) is 0 Å². The van der Waals surface area contributed by atoms with Gasteiger partial charge in [-0.1, -0.05) is 13.8 Å². The number of benzene rings is 1. The molecule has 1 rings (SSSR count). The van der Waals surface area contributed by atoms with E-state index in [0.717, 1.165) is 5.56 Å². The summed E-state index contributed by atoms with van der Waals surface area (Å²) in [7, 11) is 0. The Balaban J connectivity index is 2.44. The van der Waals surface area contributed by atoms with Crippen molar-refractivity contribution < 1.29 is 14.3 Å². The summed E-state index contributed by atoms with van der Waals surface area (Å²) in [6, 6.07) is 6.91. The number of ether oxygens (including phenoxy) is 1. The fourth-order valence-corrected chi connectivity index (χ4v) is 1.40. The third-order valence-electron chi connectivity index (χ3n) is 2.26. The van der Waals surface area contributed by atoms with Crippen LogP contribution in [0.3, 0.4) is 0 Å². The fraction of sp³-hybridized carbons (Fsp3) is 0.357. The lowest BCUT2D eigenvalue weighted by Gasteiger charge is -2.03. The van der Waals surface area contributed by atoms with Crippen LogP contribution >= 0.6 is 0 Å². The third-order valence-corrected chi connectivity index (χ3v) is 2.26. The number of hydrogen-bond acceptors (Lipinski definition) is 4. The zero-order valence-electron chi connectivity index (χ0n) is 11.6. The minimum absolute atomic E-state index is 0.113. The molecule has 0 aromatic heterocycles. The molecule has 0 spiro atoms. The van der Waals surface area contributed by atoms with Crippen molar-refractivity contribution in [3.63, 3.8) is 0 Å². The van der Waals surface area contributed by atoms with Crippen LogP contribution in [-0.4, -0.2) is 24.6 Å². The molecule has 0 aliphatic heterocycles. The number of primary amides is 1. The highest BCUT2D eigenvalue weighted by atomic mass is 16.5. The van der Waals surface area contributed by atoms with E-state index >= 15 is 0 Å². The number of amides is 2. The second-order valence-electron chi connectivity index (χ2n) is 4.72. The molecule has 108 valence electrons. The van der Waals surface area contributed by atoms with Gasteiger partial charge in [0.25, 0.3) is 5.91 Å².